The van der Waals surface area contributed by atoms with Crippen LogP contribution in [0.2, 0.25) is 0 Å². The van der Waals surface area contributed by atoms with Crippen LogP contribution in [0.25, 0.3) is 0 Å². The molecule has 1 N–H and O–H groups in total. The molecule has 0 spiro atoms. The summed E-state index contributed by atoms with van der Waals surface area (Å²) in [6.45, 7) is 9.10. The fourth-order valence-corrected chi connectivity index (χ4v) is 2.95. The average Bonchev–Trinajstić information content (AvgIpc) is 2.37. The van der Waals surface area contributed by atoms with Gasteiger partial charge in [-0.05, 0) is 38.5 Å². The molecule has 0 aliphatic carbocycles. The van der Waals surface area contributed by atoms with Crippen LogP contribution in [0.5, 0.6) is 0 Å². The van der Waals surface area contributed by atoms with Crippen molar-refractivity contribution in [2.75, 3.05) is 32.1 Å². The van der Waals surface area contributed by atoms with Gasteiger partial charge in [-0.25, -0.2) is 0 Å². The van der Waals surface area contributed by atoms with E-state index in [9.17, 15) is 0 Å². The number of benzene rings is 1. The van der Waals surface area contributed by atoms with Crippen molar-refractivity contribution < 1.29 is 0 Å². The summed E-state index contributed by atoms with van der Waals surface area (Å²) in [6.07, 6.45) is 0. The van der Waals surface area contributed by atoms with Crippen molar-refractivity contribution in [3.63, 3.8) is 0 Å². The number of rotatable bonds is 3. The first kappa shape index (κ1) is 14.4. The molecule has 1 saturated heterocycles. The van der Waals surface area contributed by atoms with Gasteiger partial charge in [0.1, 0.15) is 0 Å². The third-order valence-corrected chi connectivity index (χ3v) is 4.03. The minimum absolute atomic E-state index is 0.489. The summed E-state index contributed by atoms with van der Waals surface area (Å²) < 4.78 is 0. The summed E-state index contributed by atoms with van der Waals surface area (Å²) in [5.74, 6) is 0. The summed E-state index contributed by atoms with van der Waals surface area (Å²) in [7, 11) is 4.16. The Labute approximate surface area is 117 Å². The van der Waals surface area contributed by atoms with Gasteiger partial charge < -0.3 is 10.2 Å². The third kappa shape index (κ3) is 3.48. The second-order valence-corrected chi connectivity index (χ2v) is 6.08. The summed E-state index contributed by atoms with van der Waals surface area (Å²) in [5, 5.41) is 3.59. The second-order valence-electron chi connectivity index (χ2n) is 6.08. The lowest BCUT2D eigenvalue weighted by Crippen LogP contribution is -2.54. The summed E-state index contributed by atoms with van der Waals surface area (Å²) in [4.78, 5) is 4.72. The maximum Gasteiger partial charge on any atom is 0.0361 e. The van der Waals surface area contributed by atoms with Crippen molar-refractivity contribution in [3.8, 4) is 0 Å². The third-order valence-electron chi connectivity index (χ3n) is 4.03. The van der Waals surface area contributed by atoms with Gasteiger partial charge in [0.05, 0.1) is 0 Å². The van der Waals surface area contributed by atoms with E-state index in [4.69, 9.17) is 0 Å². The lowest BCUT2D eigenvalue weighted by atomic mass is 10.0. The maximum atomic E-state index is 3.59. The summed E-state index contributed by atoms with van der Waals surface area (Å²) >= 11 is 0. The molecule has 1 aromatic carbocycles. The first-order chi connectivity index (χ1) is 8.97. The van der Waals surface area contributed by atoms with Crippen molar-refractivity contribution in [3.05, 3.63) is 29.8 Å². The monoisotopic (exact) mass is 261 g/mol. The molecule has 19 heavy (non-hydrogen) atoms. The highest BCUT2D eigenvalue weighted by Gasteiger charge is 2.25. The van der Waals surface area contributed by atoms with E-state index in [0.29, 0.717) is 18.1 Å². The van der Waals surface area contributed by atoms with Gasteiger partial charge in [-0.2, -0.15) is 0 Å². The molecule has 1 fully saturated rings. The van der Waals surface area contributed by atoms with Crippen LogP contribution >= 0.6 is 0 Å². The molecule has 1 aromatic rings. The Morgan fingerprint density at radius 2 is 1.63 bits per heavy atom. The lowest BCUT2D eigenvalue weighted by Gasteiger charge is -2.40. The molecule has 0 bridgehead atoms. The van der Waals surface area contributed by atoms with Gasteiger partial charge in [0.2, 0.25) is 0 Å². The molecule has 3 heteroatoms. The predicted molar refractivity (Wildman–Crippen MR) is 82.8 cm³/mol. The Morgan fingerprint density at radius 1 is 1.11 bits per heavy atom. The molecule has 2 rings (SSSR count). The van der Waals surface area contributed by atoms with Gasteiger partial charge in [-0.15, -0.1) is 0 Å². The molecular formula is C16H27N3. The van der Waals surface area contributed by atoms with Crippen LogP contribution in [0.15, 0.2) is 24.3 Å². The largest absolute Gasteiger partial charge is 0.378 e. The summed E-state index contributed by atoms with van der Waals surface area (Å²) in [6, 6.07) is 10.6. The van der Waals surface area contributed by atoms with Gasteiger partial charge >= 0.3 is 0 Å². The van der Waals surface area contributed by atoms with Gasteiger partial charge in [-0.3, -0.25) is 4.90 Å². The minimum Gasteiger partial charge on any atom is -0.378 e. The van der Waals surface area contributed by atoms with E-state index in [1.165, 1.54) is 11.3 Å². The van der Waals surface area contributed by atoms with Crippen molar-refractivity contribution in [1.82, 2.24) is 10.2 Å². The summed E-state index contributed by atoms with van der Waals surface area (Å²) in [5.41, 5.74) is 2.67. The molecule has 3 nitrogen and oxygen atoms in total. The topological polar surface area (TPSA) is 18.5 Å². The quantitative estimate of drug-likeness (QED) is 0.902. The average molecular weight is 261 g/mol. The number of hydrogen-bond donors (Lipinski definition) is 1. The zero-order valence-electron chi connectivity index (χ0n) is 12.9. The van der Waals surface area contributed by atoms with Crippen LogP contribution in [-0.2, 0) is 0 Å². The number of anilines is 1. The number of hydrogen-bond acceptors (Lipinski definition) is 3. The van der Waals surface area contributed by atoms with Gasteiger partial charge in [0, 0.05) is 51.0 Å². The van der Waals surface area contributed by atoms with E-state index >= 15 is 0 Å². The van der Waals surface area contributed by atoms with Crippen LogP contribution in [-0.4, -0.2) is 44.2 Å². The first-order valence-corrected chi connectivity index (χ1v) is 7.24. The molecular weight excluding hydrogens is 234 g/mol. The number of nitrogens with one attached hydrogen (secondary N) is 1. The molecule has 3 atom stereocenters. The van der Waals surface area contributed by atoms with E-state index < -0.39 is 0 Å². The molecule has 106 valence electrons. The van der Waals surface area contributed by atoms with Crippen molar-refractivity contribution in [1.29, 1.82) is 0 Å². The lowest BCUT2D eigenvalue weighted by molar-refractivity contribution is 0.131. The van der Waals surface area contributed by atoms with E-state index in [-0.39, 0.29) is 0 Å². The van der Waals surface area contributed by atoms with Crippen LogP contribution in [0.3, 0.4) is 0 Å². The fourth-order valence-electron chi connectivity index (χ4n) is 2.95. The minimum atomic E-state index is 0.489. The SMILES string of the molecule is CC1CN(C(C)c2ccc(N(C)C)cc2)CC(C)N1. The highest BCUT2D eigenvalue weighted by Crippen LogP contribution is 2.24. The molecule has 0 radical (unpaired) electrons. The molecule has 3 unspecified atom stereocenters. The Kier molecular flexibility index (Phi) is 4.48. The van der Waals surface area contributed by atoms with E-state index in [0.717, 1.165) is 13.1 Å². The predicted octanol–water partition coefficient (Wildman–Crippen LogP) is 2.50. The molecule has 0 amide bonds. The smallest absolute Gasteiger partial charge is 0.0361 e. The normalized spacial score (nSPS) is 26.2. The van der Waals surface area contributed by atoms with Gasteiger partial charge in [0.15, 0.2) is 0 Å². The van der Waals surface area contributed by atoms with Gasteiger partial charge in [0.25, 0.3) is 0 Å². The van der Waals surface area contributed by atoms with Crippen LogP contribution in [0, 0.1) is 0 Å². The Balaban J connectivity index is 2.08. The highest BCUT2D eigenvalue weighted by molar-refractivity contribution is 5.46. The van der Waals surface area contributed by atoms with E-state index in [1.807, 2.05) is 0 Å². The standard InChI is InChI=1S/C16H27N3/c1-12-10-19(11-13(2)17-12)14(3)15-6-8-16(9-7-15)18(4)5/h6-9,12-14,17H,10-11H2,1-5H3. The van der Waals surface area contributed by atoms with Crippen molar-refractivity contribution in [2.45, 2.75) is 38.9 Å². The van der Waals surface area contributed by atoms with Gasteiger partial charge in [-0.1, -0.05) is 12.1 Å². The zero-order chi connectivity index (χ0) is 14.0. The number of piperazine rings is 1. The molecule has 1 aliphatic heterocycles. The second kappa shape index (κ2) is 5.93. The van der Waals surface area contributed by atoms with Crippen LogP contribution in [0.1, 0.15) is 32.4 Å². The van der Waals surface area contributed by atoms with Crippen LogP contribution in [0.4, 0.5) is 5.69 Å². The number of nitrogens with zero attached hydrogens (tertiary/aromatic N) is 2. The Hall–Kier alpha value is -1.06. The van der Waals surface area contributed by atoms with Crippen molar-refractivity contribution >= 4 is 5.69 Å². The maximum absolute atomic E-state index is 3.59. The molecule has 1 aliphatic rings. The fraction of sp³-hybridized carbons (Fsp3) is 0.625. The molecule has 0 saturated carbocycles. The Morgan fingerprint density at radius 3 is 2.11 bits per heavy atom. The zero-order valence-corrected chi connectivity index (χ0v) is 12.9. The molecule has 0 aromatic heterocycles. The Bertz CT molecular complexity index is 389. The van der Waals surface area contributed by atoms with Crippen LogP contribution < -0.4 is 10.2 Å². The van der Waals surface area contributed by atoms with E-state index in [1.54, 1.807) is 0 Å². The molecule has 1 heterocycles. The van der Waals surface area contributed by atoms with Crippen molar-refractivity contribution in [2.24, 2.45) is 0 Å². The highest BCUT2D eigenvalue weighted by atomic mass is 15.2. The van der Waals surface area contributed by atoms with E-state index in [2.05, 4.69) is 74.2 Å². The first-order valence-electron chi connectivity index (χ1n) is 7.24.